The maximum Gasteiger partial charge on any atom is 0.411 e. The lowest BCUT2D eigenvalue weighted by molar-refractivity contribution is -0.144. The predicted octanol–water partition coefficient (Wildman–Crippen LogP) is 2.24. The normalized spacial score (nSPS) is 17.7. The highest BCUT2D eigenvalue weighted by atomic mass is 16.6. The summed E-state index contributed by atoms with van der Waals surface area (Å²) in [4.78, 5) is 39.1. The first-order chi connectivity index (χ1) is 12.8. The van der Waals surface area contributed by atoms with Crippen LogP contribution < -0.4 is 0 Å². The number of carbonyl (C=O) groups excluding carboxylic acids is 3. The van der Waals surface area contributed by atoms with Crippen LogP contribution in [0.4, 0.5) is 4.79 Å². The number of aldehydes is 1. The Kier molecular flexibility index (Phi) is 7.36. The van der Waals surface area contributed by atoms with Crippen LogP contribution in [0.1, 0.15) is 32.8 Å². The SMILES string of the molecule is CC(C)(C)OC(=O)N1CCN(CCC=O)C(=O)[C@H]1COCc1ccccc1. The molecule has 0 aromatic heterocycles. The number of hydrogen-bond acceptors (Lipinski definition) is 5. The molecule has 0 N–H and O–H groups in total. The Morgan fingerprint density at radius 3 is 2.56 bits per heavy atom. The van der Waals surface area contributed by atoms with Crippen molar-refractivity contribution in [2.24, 2.45) is 0 Å². The van der Waals surface area contributed by atoms with Crippen LogP contribution >= 0.6 is 0 Å². The van der Waals surface area contributed by atoms with Gasteiger partial charge in [-0.1, -0.05) is 30.3 Å². The van der Waals surface area contributed by atoms with Crippen LogP contribution in [0.5, 0.6) is 0 Å². The van der Waals surface area contributed by atoms with Gasteiger partial charge in [-0.15, -0.1) is 0 Å². The first kappa shape index (κ1) is 20.9. The fourth-order valence-corrected chi connectivity index (χ4v) is 2.83. The molecule has 1 saturated heterocycles. The maximum atomic E-state index is 12.8. The number of hydrogen-bond donors (Lipinski definition) is 0. The van der Waals surface area contributed by atoms with Crippen molar-refractivity contribution in [1.82, 2.24) is 9.80 Å². The van der Waals surface area contributed by atoms with Crippen LogP contribution in [0.2, 0.25) is 0 Å². The van der Waals surface area contributed by atoms with Crippen LogP contribution in [0.15, 0.2) is 30.3 Å². The Morgan fingerprint density at radius 1 is 1.22 bits per heavy atom. The van der Waals surface area contributed by atoms with Gasteiger partial charge in [-0.25, -0.2) is 4.79 Å². The van der Waals surface area contributed by atoms with Gasteiger partial charge in [0, 0.05) is 26.1 Å². The zero-order chi connectivity index (χ0) is 19.9. The molecule has 2 amide bonds. The number of amides is 2. The zero-order valence-electron chi connectivity index (χ0n) is 16.2. The van der Waals surface area contributed by atoms with E-state index in [1.807, 2.05) is 30.3 Å². The molecule has 7 heteroatoms. The van der Waals surface area contributed by atoms with Gasteiger partial charge in [-0.05, 0) is 26.3 Å². The minimum absolute atomic E-state index is 0.0740. The molecule has 1 aliphatic rings. The third-order valence-corrected chi connectivity index (χ3v) is 4.12. The van der Waals surface area contributed by atoms with E-state index in [4.69, 9.17) is 9.47 Å². The fourth-order valence-electron chi connectivity index (χ4n) is 2.83. The van der Waals surface area contributed by atoms with Crippen LogP contribution in [-0.2, 0) is 25.7 Å². The third kappa shape index (κ3) is 6.36. The minimum atomic E-state index is -0.760. The molecule has 148 valence electrons. The van der Waals surface area contributed by atoms with Gasteiger partial charge in [0.15, 0.2) is 0 Å². The molecule has 0 spiro atoms. The average Bonchev–Trinajstić information content (AvgIpc) is 2.61. The van der Waals surface area contributed by atoms with Crippen LogP contribution in [0.3, 0.4) is 0 Å². The van der Waals surface area contributed by atoms with Crippen LogP contribution in [0.25, 0.3) is 0 Å². The molecule has 0 aliphatic carbocycles. The van der Waals surface area contributed by atoms with Gasteiger partial charge >= 0.3 is 6.09 Å². The molecule has 7 nitrogen and oxygen atoms in total. The summed E-state index contributed by atoms with van der Waals surface area (Å²) in [7, 11) is 0. The molecule has 0 bridgehead atoms. The standard InChI is InChI=1S/C20H28N2O5/c1-20(2,3)27-19(25)22-12-11-21(10-7-13-23)18(24)17(22)15-26-14-16-8-5-4-6-9-16/h4-6,8-9,13,17H,7,10-12,14-15H2,1-3H3/t17-/m1/s1. The Morgan fingerprint density at radius 2 is 1.93 bits per heavy atom. The summed E-state index contributed by atoms with van der Waals surface area (Å²) in [5.41, 5.74) is 0.340. The summed E-state index contributed by atoms with van der Waals surface area (Å²) < 4.78 is 11.2. The predicted molar refractivity (Wildman–Crippen MR) is 100 cm³/mol. The third-order valence-electron chi connectivity index (χ3n) is 4.12. The molecule has 2 rings (SSSR count). The number of carbonyl (C=O) groups is 3. The van der Waals surface area contributed by atoms with E-state index in [2.05, 4.69) is 0 Å². The van der Waals surface area contributed by atoms with Crippen molar-refractivity contribution >= 4 is 18.3 Å². The van der Waals surface area contributed by atoms with Crippen molar-refractivity contribution in [3.63, 3.8) is 0 Å². The molecule has 1 heterocycles. The number of rotatable bonds is 7. The van der Waals surface area contributed by atoms with Crippen molar-refractivity contribution < 1.29 is 23.9 Å². The molecular weight excluding hydrogens is 348 g/mol. The second kappa shape index (κ2) is 9.50. The number of piperazine rings is 1. The van der Waals surface area contributed by atoms with E-state index in [-0.39, 0.29) is 18.9 Å². The summed E-state index contributed by atoms with van der Waals surface area (Å²) in [6.07, 6.45) is 0.531. The molecule has 0 radical (unpaired) electrons. The lowest BCUT2D eigenvalue weighted by atomic mass is 10.1. The number of ether oxygens (including phenoxy) is 2. The van der Waals surface area contributed by atoms with Gasteiger partial charge in [0.25, 0.3) is 0 Å². The van der Waals surface area contributed by atoms with E-state index in [0.29, 0.717) is 26.2 Å². The highest BCUT2D eigenvalue weighted by Crippen LogP contribution is 2.18. The lowest BCUT2D eigenvalue weighted by Gasteiger charge is -2.40. The molecular formula is C20H28N2O5. The van der Waals surface area contributed by atoms with E-state index in [0.717, 1.165) is 11.8 Å². The summed E-state index contributed by atoms with van der Waals surface area (Å²) >= 11 is 0. The summed E-state index contributed by atoms with van der Waals surface area (Å²) in [5.74, 6) is -0.220. The molecule has 1 aliphatic heterocycles. The number of benzene rings is 1. The summed E-state index contributed by atoms with van der Waals surface area (Å²) in [5, 5.41) is 0. The Labute approximate surface area is 160 Å². The second-order valence-corrected chi connectivity index (χ2v) is 7.47. The van der Waals surface area contributed by atoms with Gasteiger partial charge in [0.2, 0.25) is 5.91 Å². The van der Waals surface area contributed by atoms with Gasteiger partial charge in [-0.3, -0.25) is 9.69 Å². The number of nitrogens with zero attached hydrogens (tertiary/aromatic N) is 2. The van der Waals surface area contributed by atoms with Crippen molar-refractivity contribution in [3.05, 3.63) is 35.9 Å². The Bertz CT molecular complexity index is 642. The van der Waals surface area contributed by atoms with E-state index in [1.165, 1.54) is 4.90 Å². The first-order valence-corrected chi connectivity index (χ1v) is 9.15. The largest absolute Gasteiger partial charge is 0.444 e. The van der Waals surface area contributed by atoms with Crippen molar-refractivity contribution in [2.45, 2.75) is 45.4 Å². The topological polar surface area (TPSA) is 76.2 Å². The molecule has 1 aromatic rings. The quantitative estimate of drug-likeness (QED) is 0.682. The smallest absolute Gasteiger partial charge is 0.411 e. The molecule has 27 heavy (non-hydrogen) atoms. The highest BCUT2D eigenvalue weighted by molar-refractivity contribution is 5.87. The molecule has 0 unspecified atom stereocenters. The minimum Gasteiger partial charge on any atom is -0.444 e. The lowest BCUT2D eigenvalue weighted by Crippen LogP contribution is -2.61. The van der Waals surface area contributed by atoms with E-state index >= 15 is 0 Å². The van der Waals surface area contributed by atoms with Crippen molar-refractivity contribution in [3.8, 4) is 0 Å². The van der Waals surface area contributed by atoms with E-state index < -0.39 is 17.7 Å². The molecule has 0 saturated carbocycles. The fraction of sp³-hybridized carbons (Fsp3) is 0.550. The monoisotopic (exact) mass is 376 g/mol. The van der Waals surface area contributed by atoms with Gasteiger partial charge in [-0.2, -0.15) is 0 Å². The van der Waals surface area contributed by atoms with Gasteiger partial charge < -0.3 is 19.2 Å². The molecule has 1 aromatic carbocycles. The highest BCUT2D eigenvalue weighted by Gasteiger charge is 2.39. The van der Waals surface area contributed by atoms with Crippen LogP contribution in [-0.4, -0.2) is 66.0 Å². The average molecular weight is 376 g/mol. The van der Waals surface area contributed by atoms with Crippen molar-refractivity contribution in [1.29, 1.82) is 0 Å². The Hall–Kier alpha value is -2.41. The van der Waals surface area contributed by atoms with Crippen LogP contribution in [0, 0.1) is 0 Å². The zero-order valence-corrected chi connectivity index (χ0v) is 16.2. The summed E-state index contributed by atoms with van der Waals surface area (Å²) in [6, 6.07) is 8.86. The second-order valence-electron chi connectivity index (χ2n) is 7.47. The Balaban J connectivity index is 2.05. The first-order valence-electron chi connectivity index (χ1n) is 9.15. The maximum absolute atomic E-state index is 12.8. The van der Waals surface area contributed by atoms with E-state index in [1.54, 1.807) is 25.7 Å². The molecule has 1 fully saturated rings. The van der Waals surface area contributed by atoms with E-state index in [9.17, 15) is 14.4 Å². The summed E-state index contributed by atoms with van der Waals surface area (Å²) in [6.45, 7) is 6.85. The molecule has 1 atom stereocenters. The van der Waals surface area contributed by atoms with Crippen molar-refractivity contribution in [2.75, 3.05) is 26.2 Å². The van der Waals surface area contributed by atoms with Gasteiger partial charge in [0.1, 0.15) is 17.9 Å². The van der Waals surface area contributed by atoms with Gasteiger partial charge in [0.05, 0.1) is 13.2 Å².